The summed E-state index contributed by atoms with van der Waals surface area (Å²) in [7, 11) is 1.52. The van der Waals surface area contributed by atoms with Gasteiger partial charge >= 0.3 is 5.63 Å². The topological polar surface area (TPSA) is 65.2 Å². The molecule has 0 aliphatic heterocycles. The van der Waals surface area contributed by atoms with E-state index >= 15 is 0 Å². The van der Waals surface area contributed by atoms with Crippen molar-refractivity contribution in [3.63, 3.8) is 0 Å². The molecule has 0 radical (unpaired) electrons. The second-order valence-electron chi connectivity index (χ2n) is 4.07. The molecule has 0 saturated carbocycles. The maximum atomic E-state index is 12.1. The third kappa shape index (κ3) is 2.12. The number of hydrogen-bond donors (Lipinski definition) is 0. The van der Waals surface area contributed by atoms with E-state index in [1.54, 1.807) is 24.3 Å². The van der Waals surface area contributed by atoms with Crippen molar-refractivity contribution < 1.29 is 9.15 Å². The van der Waals surface area contributed by atoms with Gasteiger partial charge in [0.25, 0.3) is 0 Å². The van der Waals surface area contributed by atoms with Gasteiger partial charge in [-0.05, 0) is 24.3 Å². The highest BCUT2D eigenvalue weighted by molar-refractivity contribution is 6.29. The van der Waals surface area contributed by atoms with Crippen molar-refractivity contribution in [1.82, 2.24) is 10.2 Å². The highest BCUT2D eigenvalue weighted by atomic mass is 35.5. The Morgan fingerprint density at radius 3 is 2.75 bits per heavy atom. The quantitative estimate of drug-likeness (QED) is 0.678. The van der Waals surface area contributed by atoms with Crippen molar-refractivity contribution >= 4 is 22.6 Å². The van der Waals surface area contributed by atoms with Crippen molar-refractivity contribution in [3.8, 4) is 17.0 Å². The number of halogens is 1. The smallest absolute Gasteiger partial charge is 0.345 e. The fraction of sp³-hybridized carbons (Fsp3) is 0.0714. The Kier molecular flexibility index (Phi) is 3.12. The summed E-state index contributed by atoms with van der Waals surface area (Å²) in [6.07, 6.45) is 0. The molecule has 0 aliphatic rings. The van der Waals surface area contributed by atoms with E-state index in [0.717, 1.165) is 5.39 Å². The number of benzene rings is 1. The number of rotatable bonds is 2. The van der Waals surface area contributed by atoms with E-state index in [2.05, 4.69) is 10.2 Å². The Morgan fingerprint density at radius 1 is 1.20 bits per heavy atom. The summed E-state index contributed by atoms with van der Waals surface area (Å²) in [5.41, 5.74) is 0.645. The number of ether oxygens (including phenoxy) is 1. The van der Waals surface area contributed by atoms with Crippen LogP contribution in [0.15, 0.2) is 45.6 Å². The molecular weight excluding hydrogens is 280 g/mol. The van der Waals surface area contributed by atoms with Crippen molar-refractivity contribution in [3.05, 3.63) is 52.0 Å². The molecule has 0 bridgehead atoms. The van der Waals surface area contributed by atoms with Gasteiger partial charge in [0.1, 0.15) is 5.69 Å². The van der Waals surface area contributed by atoms with Gasteiger partial charge in [-0.25, -0.2) is 4.79 Å². The van der Waals surface area contributed by atoms with Crippen LogP contribution in [0.2, 0.25) is 5.15 Å². The van der Waals surface area contributed by atoms with E-state index in [1.165, 1.54) is 7.11 Å². The maximum absolute atomic E-state index is 12.1. The number of fused-ring (bicyclic) bond motifs is 1. The lowest BCUT2D eigenvalue weighted by Crippen LogP contribution is -2.05. The van der Waals surface area contributed by atoms with Gasteiger partial charge in [0.05, 0.1) is 12.7 Å². The lowest BCUT2D eigenvalue weighted by Gasteiger charge is -2.05. The fourth-order valence-corrected chi connectivity index (χ4v) is 2.02. The fourth-order valence-electron chi connectivity index (χ4n) is 1.92. The molecule has 0 spiro atoms. The van der Waals surface area contributed by atoms with Crippen LogP contribution in [0.4, 0.5) is 0 Å². The van der Waals surface area contributed by atoms with Crippen LogP contribution >= 0.6 is 11.6 Å². The average Bonchev–Trinajstić information content (AvgIpc) is 2.47. The summed E-state index contributed by atoms with van der Waals surface area (Å²) in [6.45, 7) is 0. The van der Waals surface area contributed by atoms with Crippen molar-refractivity contribution in [1.29, 1.82) is 0 Å². The van der Waals surface area contributed by atoms with E-state index in [1.807, 2.05) is 12.1 Å². The van der Waals surface area contributed by atoms with E-state index in [4.69, 9.17) is 20.8 Å². The van der Waals surface area contributed by atoms with Gasteiger partial charge < -0.3 is 9.15 Å². The lowest BCUT2D eigenvalue weighted by molar-refractivity contribution is 0.407. The Balaban J connectivity index is 2.25. The van der Waals surface area contributed by atoms with Gasteiger partial charge in [-0.2, -0.15) is 0 Å². The minimum Gasteiger partial charge on any atom is -0.493 e. The first kappa shape index (κ1) is 12.6. The molecule has 100 valence electrons. The number of nitrogens with zero attached hydrogens (tertiary/aromatic N) is 2. The molecule has 0 fully saturated rings. The molecule has 3 rings (SSSR count). The van der Waals surface area contributed by atoms with Gasteiger partial charge in [-0.15, -0.1) is 10.2 Å². The first-order valence-corrected chi connectivity index (χ1v) is 6.17. The predicted octanol–water partition coefficient (Wildman–Crippen LogP) is 2.91. The monoisotopic (exact) mass is 288 g/mol. The molecule has 3 aromatic rings. The van der Waals surface area contributed by atoms with Crippen LogP contribution in [0.1, 0.15) is 0 Å². The molecule has 6 heteroatoms. The van der Waals surface area contributed by atoms with Crippen LogP contribution in [0.25, 0.3) is 22.2 Å². The van der Waals surface area contributed by atoms with Crippen LogP contribution in [-0.2, 0) is 0 Å². The normalized spacial score (nSPS) is 10.7. The van der Waals surface area contributed by atoms with Gasteiger partial charge in [-0.1, -0.05) is 23.7 Å². The summed E-state index contributed by atoms with van der Waals surface area (Å²) in [6, 6.07) is 10.3. The Bertz CT molecular complexity index is 828. The molecule has 1 aromatic carbocycles. The van der Waals surface area contributed by atoms with Crippen LogP contribution in [-0.4, -0.2) is 17.3 Å². The van der Waals surface area contributed by atoms with E-state index in [-0.39, 0.29) is 5.15 Å². The first-order chi connectivity index (χ1) is 9.69. The second kappa shape index (κ2) is 4.94. The number of para-hydroxylation sites is 1. The molecule has 2 heterocycles. The van der Waals surface area contributed by atoms with Gasteiger partial charge in [0.2, 0.25) is 0 Å². The Labute approximate surface area is 118 Å². The summed E-state index contributed by atoms with van der Waals surface area (Å²) in [4.78, 5) is 12.1. The minimum atomic E-state index is -0.501. The van der Waals surface area contributed by atoms with Crippen molar-refractivity contribution in [2.24, 2.45) is 0 Å². The summed E-state index contributed by atoms with van der Waals surface area (Å²) in [5, 5.41) is 8.62. The van der Waals surface area contributed by atoms with Gasteiger partial charge in [0.15, 0.2) is 16.5 Å². The zero-order chi connectivity index (χ0) is 14.1. The zero-order valence-corrected chi connectivity index (χ0v) is 11.2. The second-order valence-corrected chi connectivity index (χ2v) is 4.45. The SMILES string of the molecule is COc1cccc2cc(-c3ccc(Cl)nn3)c(=O)oc12. The molecule has 0 saturated heterocycles. The van der Waals surface area contributed by atoms with Crippen molar-refractivity contribution in [2.45, 2.75) is 0 Å². The van der Waals surface area contributed by atoms with Gasteiger partial charge in [-0.3, -0.25) is 0 Å². The average molecular weight is 289 g/mol. The lowest BCUT2D eigenvalue weighted by atomic mass is 10.1. The third-order valence-corrected chi connectivity index (χ3v) is 3.05. The first-order valence-electron chi connectivity index (χ1n) is 5.79. The van der Waals surface area contributed by atoms with Crippen LogP contribution in [0, 0.1) is 0 Å². The predicted molar refractivity (Wildman–Crippen MR) is 75.1 cm³/mol. The van der Waals surface area contributed by atoms with E-state index < -0.39 is 5.63 Å². The summed E-state index contributed by atoms with van der Waals surface area (Å²) >= 11 is 5.68. The van der Waals surface area contributed by atoms with Gasteiger partial charge in [0, 0.05) is 5.39 Å². The molecular formula is C14H9ClN2O3. The standard InChI is InChI=1S/C14H9ClN2O3/c1-19-11-4-2-3-8-7-9(14(18)20-13(8)11)10-5-6-12(15)17-16-10/h2-7H,1H3. The Morgan fingerprint density at radius 2 is 2.05 bits per heavy atom. The maximum Gasteiger partial charge on any atom is 0.345 e. The molecule has 2 aromatic heterocycles. The highest BCUT2D eigenvalue weighted by Crippen LogP contribution is 2.26. The minimum absolute atomic E-state index is 0.264. The third-order valence-electron chi connectivity index (χ3n) is 2.85. The van der Waals surface area contributed by atoms with Crippen molar-refractivity contribution in [2.75, 3.05) is 7.11 Å². The number of hydrogen-bond acceptors (Lipinski definition) is 5. The Hall–Kier alpha value is -2.40. The van der Waals surface area contributed by atoms with Crippen LogP contribution < -0.4 is 10.4 Å². The molecule has 0 aliphatic carbocycles. The summed E-state index contributed by atoms with van der Waals surface area (Å²) in [5.74, 6) is 0.508. The molecule has 0 atom stereocenters. The molecule has 20 heavy (non-hydrogen) atoms. The molecule has 5 nitrogen and oxygen atoms in total. The number of aromatic nitrogens is 2. The van der Waals surface area contributed by atoms with E-state index in [9.17, 15) is 4.79 Å². The largest absolute Gasteiger partial charge is 0.493 e. The number of methoxy groups -OCH3 is 1. The van der Waals surface area contributed by atoms with E-state index in [0.29, 0.717) is 22.6 Å². The highest BCUT2D eigenvalue weighted by Gasteiger charge is 2.12. The summed E-state index contributed by atoms with van der Waals surface area (Å²) < 4.78 is 10.5. The molecule has 0 N–H and O–H groups in total. The molecule has 0 unspecified atom stereocenters. The van der Waals surface area contributed by atoms with Crippen LogP contribution in [0.5, 0.6) is 5.75 Å². The molecule has 0 amide bonds. The van der Waals surface area contributed by atoms with Crippen LogP contribution in [0.3, 0.4) is 0 Å². The zero-order valence-electron chi connectivity index (χ0n) is 10.5.